The first kappa shape index (κ1) is 19.5. The molecule has 29 heavy (non-hydrogen) atoms. The van der Waals surface area contributed by atoms with Crippen LogP contribution in [0.1, 0.15) is 42.2 Å². The molecule has 5 nitrogen and oxygen atoms in total. The van der Waals surface area contributed by atoms with Crippen molar-refractivity contribution in [3.63, 3.8) is 0 Å². The molecule has 4 heterocycles. The topological polar surface area (TPSA) is 37.2 Å². The number of thiazole rings is 1. The Morgan fingerprint density at radius 2 is 1.86 bits per heavy atom. The fourth-order valence-electron chi connectivity index (χ4n) is 4.98. The van der Waals surface area contributed by atoms with Crippen LogP contribution in [0, 0.1) is 6.92 Å². The van der Waals surface area contributed by atoms with Crippen molar-refractivity contribution in [3.8, 4) is 11.3 Å². The van der Waals surface area contributed by atoms with Gasteiger partial charge in [0.1, 0.15) is 5.65 Å². The van der Waals surface area contributed by atoms with E-state index in [0.29, 0.717) is 5.92 Å². The number of fused-ring (bicyclic) bond motifs is 1. The molecule has 0 bridgehead atoms. The molecule has 0 atom stereocenters. The van der Waals surface area contributed by atoms with Crippen molar-refractivity contribution >= 4 is 35.2 Å². The second-order valence-electron chi connectivity index (χ2n) is 8.62. The minimum absolute atomic E-state index is 0.615. The normalized spacial score (nSPS) is 24.4. The van der Waals surface area contributed by atoms with E-state index in [-0.39, 0.29) is 0 Å². The number of pyridine rings is 1. The van der Waals surface area contributed by atoms with Gasteiger partial charge in [0.25, 0.3) is 0 Å². The predicted molar refractivity (Wildman–Crippen MR) is 124 cm³/mol. The number of likely N-dealkylation sites (N-methyl/N-ethyl adjacent to an activating group) is 1. The third kappa shape index (κ3) is 3.85. The first-order valence-electron chi connectivity index (χ1n) is 10.6. The molecule has 2 aliphatic rings. The molecule has 1 saturated carbocycles. The molecular formula is C22H29N5S2. The van der Waals surface area contributed by atoms with E-state index in [1.807, 2.05) is 10.2 Å². The zero-order valence-corrected chi connectivity index (χ0v) is 18.9. The van der Waals surface area contributed by atoms with E-state index in [4.69, 9.17) is 4.98 Å². The third-order valence-corrected chi connectivity index (χ3v) is 7.84. The number of hydrogen-bond donors (Lipinski definition) is 1. The summed E-state index contributed by atoms with van der Waals surface area (Å²) in [6.45, 7) is 6.92. The number of piperazine rings is 1. The Kier molecular flexibility index (Phi) is 5.41. The Balaban J connectivity index is 1.35. The number of aromatic nitrogens is 3. The van der Waals surface area contributed by atoms with Gasteiger partial charge < -0.3 is 4.90 Å². The summed E-state index contributed by atoms with van der Waals surface area (Å²) in [5.74, 6) is 0.615. The fourth-order valence-corrected chi connectivity index (χ4v) is 5.87. The van der Waals surface area contributed by atoms with Gasteiger partial charge in [-0.15, -0.1) is 11.3 Å². The minimum atomic E-state index is 0.615. The third-order valence-electron chi connectivity index (χ3n) is 6.76. The zero-order chi connectivity index (χ0) is 20.0. The molecule has 0 aromatic carbocycles. The highest BCUT2D eigenvalue weighted by Crippen LogP contribution is 2.38. The molecule has 154 valence electrons. The maximum Gasteiger partial charge on any atom is 0.150 e. The Labute approximate surface area is 182 Å². The quantitative estimate of drug-likeness (QED) is 0.627. The van der Waals surface area contributed by atoms with Crippen molar-refractivity contribution in [3.05, 3.63) is 34.4 Å². The lowest BCUT2D eigenvalue weighted by atomic mass is 9.81. The molecule has 1 saturated heterocycles. The highest BCUT2D eigenvalue weighted by Gasteiger charge is 2.28. The molecule has 0 spiro atoms. The zero-order valence-electron chi connectivity index (χ0n) is 17.2. The lowest BCUT2D eigenvalue weighted by Crippen LogP contribution is -2.49. The van der Waals surface area contributed by atoms with Crippen molar-refractivity contribution in [2.45, 2.75) is 44.6 Å². The summed E-state index contributed by atoms with van der Waals surface area (Å²) < 4.78 is 1.83. The maximum absolute atomic E-state index is 4.77. The van der Waals surface area contributed by atoms with E-state index in [2.05, 4.69) is 59.2 Å². The average Bonchev–Trinajstić information content (AvgIpc) is 3.31. The molecule has 5 rings (SSSR count). The van der Waals surface area contributed by atoms with Crippen LogP contribution < -0.4 is 0 Å². The van der Waals surface area contributed by atoms with E-state index in [1.165, 1.54) is 62.8 Å². The molecule has 1 aliphatic carbocycles. The monoisotopic (exact) mass is 427 g/mol. The Bertz CT molecular complexity index is 994. The van der Waals surface area contributed by atoms with Crippen LogP contribution in [0.5, 0.6) is 0 Å². The predicted octanol–water partition coefficient (Wildman–Crippen LogP) is 4.43. The molecule has 0 N–H and O–H groups in total. The van der Waals surface area contributed by atoms with Crippen LogP contribution in [0.25, 0.3) is 22.3 Å². The van der Waals surface area contributed by atoms with Crippen LogP contribution in [0.15, 0.2) is 23.8 Å². The van der Waals surface area contributed by atoms with Crippen molar-refractivity contribution in [1.29, 1.82) is 0 Å². The van der Waals surface area contributed by atoms with Gasteiger partial charge in [0.15, 0.2) is 0 Å². The van der Waals surface area contributed by atoms with Crippen LogP contribution in [-0.2, 0) is 0 Å². The van der Waals surface area contributed by atoms with Gasteiger partial charge in [0.05, 0.1) is 10.7 Å². The summed E-state index contributed by atoms with van der Waals surface area (Å²) in [5.41, 5.74) is 4.47. The summed E-state index contributed by atoms with van der Waals surface area (Å²) in [4.78, 5) is 14.6. The van der Waals surface area contributed by atoms with Crippen LogP contribution in [0.3, 0.4) is 0 Å². The number of thiol groups is 1. The Morgan fingerprint density at radius 1 is 1.10 bits per heavy atom. The van der Waals surface area contributed by atoms with Gasteiger partial charge in [-0.3, -0.25) is 8.87 Å². The number of nitrogens with zero attached hydrogens (tertiary/aromatic N) is 5. The van der Waals surface area contributed by atoms with E-state index in [9.17, 15) is 0 Å². The molecule has 7 heteroatoms. The van der Waals surface area contributed by atoms with Gasteiger partial charge in [-0.05, 0) is 57.2 Å². The molecule has 0 radical (unpaired) electrons. The van der Waals surface area contributed by atoms with E-state index in [1.54, 1.807) is 11.3 Å². The SMILES string of the molecule is Cc1nc(-c2cn(S)c3ncc([C@H]4CC[C@H](N5CCN(C)CC5)CC4)cc23)cs1. The van der Waals surface area contributed by atoms with Gasteiger partial charge in [0, 0.05) is 60.9 Å². The summed E-state index contributed by atoms with van der Waals surface area (Å²) in [7, 11) is 2.23. The second-order valence-corrected chi connectivity index (χ2v) is 10.1. The summed E-state index contributed by atoms with van der Waals surface area (Å²) in [6, 6.07) is 3.11. The Hall–Kier alpha value is -1.41. The first-order valence-corrected chi connectivity index (χ1v) is 11.9. The lowest BCUT2D eigenvalue weighted by molar-refractivity contribution is 0.0878. The standard InChI is InChI=1S/C22H29N5S2/c1-15-24-21(14-29-15)20-13-27(28)22-19(20)11-17(12-23-22)16-3-5-18(6-4-16)26-9-7-25(2)8-10-26/h11-14,16,18,28H,3-10H2,1-2H3/t16-,18-. The van der Waals surface area contributed by atoms with Gasteiger partial charge in [-0.25, -0.2) is 9.97 Å². The largest absolute Gasteiger partial charge is 0.304 e. The second kappa shape index (κ2) is 8.02. The minimum Gasteiger partial charge on any atom is -0.304 e. The highest BCUT2D eigenvalue weighted by atomic mass is 32.1. The van der Waals surface area contributed by atoms with Gasteiger partial charge in [-0.2, -0.15) is 0 Å². The van der Waals surface area contributed by atoms with E-state index >= 15 is 0 Å². The molecule has 2 fully saturated rings. The Morgan fingerprint density at radius 3 is 2.55 bits per heavy atom. The molecular weight excluding hydrogens is 398 g/mol. The lowest BCUT2D eigenvalue weighted by Gasteiger charge is -2.41. The molecule has 0 amide bonds. The number of rotatable bonds is 3. The smallest absolute Gasteiger partial charge is 0.150 e. The van der Waals surface area contributed by atoms with Gasteiger partial charge in [-0.1, -0.05) is 12.8 Å². The van der Waals surface area contributed by atoms with E-state index in [0.717, 1.165) is 28.0 Å². The molecule has 3 aromatic heterocycles. The summed E-state index contributed by atoms with van der Waals surface area (Å²) >= 11 is 6.28. The van der Waals surface area contributed by atoms with Crippen LogP contribution >= 0.6 is 24.2 Å². The van der Waals surface area contributed by atoms with E-state index < -0.39 is 0 Å². The van der Waals surface area contributed by atoms with Gasteiger partial charge in [0.2, 0.25) is 0 Å². The van der Waals surface area contributed by atoms with Crippen molar-refractivity contribution < 1.29 is 0 Å². The maximum atomic E-state index is 4.77. The summed E-state index contributed by atoms with van der Waals surface area (Å²) in [5, 5.41) is 4.39. The fraction of sp³-hybridized carbons (Fsp3) is 0.545. The van der Waals surface area contributed by atoms with Crippen LogP contribution in [-0.4, -0.2) is 63.0 Å². The molecule has 0 unspecified atom stereocenters. The van der Waals surface area contributed by atoms with Crippen LogP contribution in [0.2, 0.25) is 0 Å². The molecule has 3 aromatic rings. The van der Waals surface area contributed by atoms with Crippen molar-refractivity contribution in [2.75, 3.05) is 33.2 Å². The van der Waals surface area contributed by atoms with Crippen molar-refractivity contribution in [2.24, 2.45) is 0 Å². The summed E-state index contributed by atoms with van der Waals surface area (Å²) in [6.07, 6.45) is 9.25. The van der Waals surface area contributed by atoms with Crippen LogP contribution in [0.4, 0.5) is 0 Å². The van der Waals surface area contributed by atoms with Gasteiger partial charge >= 0.3 is 0 Å². The highest BCUT2D eigenvalue weighted by molar-refractivity contribution is 7.78. The molecule has 1 aliphatic heterocycles. The average molecular weight is 428 g/mol. The number of aryl methyl sites for hydroxylation is 1. The first-order chi connectivity index (χ1) is 14.1. The van der Waals surface area contributed by atoms with Crippen molar-refractivity contribution in [1.82, 2.24) is 23.7 Å². The number of hydrogen-bond acceptors (Lipinski definition) is 6.